The molecule has 0 fully saturated rings. The van der Waals surface area contributed by atoms with Gasteiger partial charge in [0.2, 0.25) is 3.67 Å². The molecule has 0 unspecified atom stereocenters. The molecule has 6 heteroatoms. The third-order valence-corrected chi connectivity index (χ3v) is 3.63. The van der Waals surface area contributed by atoms with Gasteiger partial charge in [0, 0.05) is 0 Å². The predicted octanol–water partition coefficient (Wildman–Crippen LogP) is 2.07. The highest BCUT2D eigenvalue weighted by Gasteiger charge is 2.39. The van der Waals surface area contributed by atoms with Crippen LogP contribution < -0.4 is 0 Å². The molecule has 0 atom stereocenters. The molecule has 0 aromatic carbocycles. The molecule has 1 radical (unpaired) electrons. The molecule has 11 heavy (non-hydrogen) atoms. The molecular weight excluding hydrogens is 211 g/mol. The summed E-state index contributed by atoms with van der Waals surface area (Å²) in [5.41, 5.74) is 0. The van der Waals surface area contributed by atoms with Crippen molar-refractivity contribution in [1.29, 1.82) is 0 Å². The van der Waals surface area contributed by atoms with Gasteiger partial charge >= 0.3 is 10.1 Å². The van der Waals surface area contributed by atoms with Crippen LogP contribution in [0.25, 0.3) is 0 Å². The van der Waals surface area contributed by atoms with Crippen molar-refractivity contribution in [3.05, 3.63) is 0 Å². The Morgan fingerprint density at radius 3 is 2.09 bits per heavy atom. The molecule has 0 aliphatic carbocycles. The van der Waals surface area contributed by atoms with Crippen molar-refractivity contribution < 1.29 is 13.0 Å². The van der Waals surface area contributed by atoms with Gasteiger partial charge in [-0.15, -0.1) is 0 Å². The van der Waals surface area contributed by atoms with Crippen LogP contribution in [0.5, 0.6) is 0 Å². The number of halogens is 2. The fourth-order valence-corrected chi connectivity index (χ4v) is 1.17. The van der Waals surface area contributed by atoms with Crippen LogP contribution in [0.2, 0.25) is 0 Å². The number of unbranched alkanes of at least 4 members (excludes halogenated alkanes) is 1. The SMILES string of the molecule is CCCCC(Cl)(Cl)S([O])(=O)=O. The smallest absolute Gasteiger partial charge is 0.194 e. The van der Waals surface area contributed by atoms with Crippen molar-refractivity contribution in [2.24, 2.45) is 0 Å². The van der Waals surface area contributed by atoms with Crippen LogP contribution in [0.3, 0.4) is 0 Å². The highest BCUT2D eigenvalue weighted by molar-refractivity contribution is 7.90. The van der Waals surface area contributed by atoms with Gasteiger partial charge in [-0.3, -0.25) is 0 Å². The lowest BCUT2D eigenvalue weighted by Crippen LogP contribution is -2.24. The third kappa shape index (κ3) is 3.60. The first-order chi connectivity index (χ1) is 4.81. The number of hydrogen-bond donors (Lipinski definition) is 0. The molecule has 0 bridgehead atoms. The lowest BCUT2D eigenvalue weighted by atomic mass is 10.3. The first kappa shape index (κ1) is 11.5. The molecule has 0 N–H and O–H groups in total. The Kier molecular flexibility index (Phi) is 4.11. The van der Waals surface area contributed by atoms with Crippen LogP contribution in [0.4, 0.5) is 0 Å². The molecule has 3 nitrogen and oxygen atoms in total. The first-order valence-electron chi connectivity index (χ1n) is 3.14. The van der Waals surface area contributed by atoms with Crippen molar-refractivity contribution in [3.8, 4) is 0 Å². The molecule has 0 saturated heterocycles. The summed E-state index contributed by atoms with van der Waals surface area (Å²) in [6.07, 6.45) is 1.25. The van der Waals surface area contributed by atoms with Gasteiger partial charge in [0.05, 0.1) is 0 Å². The highest BCUT2D eigenvalue weighted by Crippen LogP contribution is 2.32. The van der Waals surface area contributed by atoms with Gasteiger partial charge in [0.1, 0.15) is 0 Å². The molecule has 0 spiro atoms. The van der Waals surface area contributed by atoms with Gasteiger partial charge in [-0.1, -0.05) is 41.1 Å². The normalized spacial score (nSPS) is 13.5. The average molecular weight is 220 g/mol. The maximum absolute atomic E-state index is 10.3. The largest absolute Gasteiger partial charge is 0.328 e. The second-order valence-corrected chi connectivity index (χ2v) is 5.73. The topological polar surface area (TPSA) is 54.0 Å². The van der Waals surface area contributed by atoms with Gasteiger partial charge in [0.15, 0.2) is 0 Å². The maximum atomic E-state index is 10.3. The van der Waals surface area contributed by atoms with Gasteiger partial charge < -0.3 is 0 Å². The van der Waals surface area contributed by atoms with Crippen LogP contribution >= 0.6 is 23.2 Å². The second kappa shape index (κ2) is 3.94. The van der Waals surface area contributed by atoms with E-state index in [-0.39, 0.29) is 6.42 Å². The molecule has 0 heterocycles. The van der Waals surface area contributed by atoms with Crippen molar-refractivity contribution >= 4 is 33.3 Å². The Balaban J connectivity index is 4.24. The van der Waals surface area contributed by atoms with E-state index in [0.717, 1.165) is 6.42 Å². The highest BCUT2D eigenvalue weighted by atomic mass is 35.5. The van der Waals surface area contributed by atoms with E-state index in [0.29, 0.717) is 6.42 Å². The third-order valence-electron chi connectivity index (χ3n) is 1.19. The van der Waals surface area contributed by atoms with E-state index in [1.54, 1.807) is 0 Å². The minimum Gasteiger partial charge on any atom is -0.194 e. The van der Waals surface area contributed by atoms with E-state index >= 15 is 0 Å². The molecular formula is C5H9Cl2O3S. The van der Waals surface area contributed by atoms with E-state index in [4.69, 9.17) is 23.2 Å². The Morgan fingerprint density at radius 2 is 1.82 bits per heavy atom. The Hall–Kier alpha value is 0.490. The zero-order valence-electron chi connectivity index (χ0n) is 6.01. The Labute approximate surface area is 76.4 Å². The summed E-state index contributed by atoms with van der Waals surface area (Å²) in [5.74, 6) is 0. The molecule has 0 rings (SSSR count). The van der Waals surface area contributed by atoms with E-state index in [2.05, 4.69) is 0 Å². The first-order valence-corrected chi connectivity index (χ1v) is 5.31. The zero-order valence-corrected chi connectivity index (χ0v) is 8.34. The monoisotopic (exact) mass is 219 g/mol. The Bertz CT molecular complexity index is 210. The molecule has 0 amide bonds. The number of hydrogen-bond acceptors (Lipinski definition) is 2. The molecule has 0 aromatic heterocycles. The number of alkyl halides is 2. The minimum absolute atomic E-state index is 0.0154. The van der Waals surface area contributed by atoms with E-state index in [1.165, 1.54) is 0 Å². The molecule has 0 aromatic rings. The quantitative estimate of drug-likeness (QED) is 0.681. The van der Waals surface area contributed by atoms with Crippen molar-refractivity contribution in [3.63, 3.8) is 0 Å². The lowest BCUT2D eigenvalue weighted by Gasteiger charge is -2.12. The van der Waals surface area contributed by atoms with Crippen LogP contribution in [-0.4, -0.2) is 12.1 Å². The predicted molar refractivity (Wildman–Crippen MR) is 43.6 cm³/mol. The van der Waals surface area contributed by atoms with E-state index in [1.807, 2.05) is 6.92 Å². The summed E-state index contributed by atoms with van der Waals surface area (Å²) >= 11 is 10.5. The van der Waals surface area contributed by atoms with Crippen LogP contribution in [0.1, 0.15) is 26.2 Å². The van der Waals surface area contributed by atoms with Gasteiger partial charge in [-0.05, 0) is 12.8 Å². The summed E-state index contributed by atoms with van der Waals surface area (Å²) < 4.78 is 28.9. The van der Waals surface area contributed by atoms with Crippen LogP contribution in [0.15, 0.2) is 0 Å². The summed E-state index contributed by atoms with van der Waals surface area (Å²) in [5, 5.41) is 0. The summed E-state index contributed by atoms with van der Waals surface area (Å²) in [4.78, 5) is 0. The van der Waals surface area contributed by atoms with Crippen LogP contribution in [-0.2, 0) is 14.7 Å². The fourth-order valence-electron chi connectivity index (χ4n) is 0.508. The molecule has 0 aliphatic heterocycles. The fraction of sp³-hybridized carbons (Fsp3) is 1.00. The van der Waals surface area contributed by atoms with Gasteiger partial charge in [-0.25, -0.2) is 0 Å². The average Bonchev–Trinajstić information content (AvgIpc) is 1.81. The van der Waals surface area contributed by atoms with Crippen molar-refractivity contribution in [1.82, 2.24) is 0 Å². The van der Waals surface area contributed by atoms with Gasteiger partial charge in [-0.2, -0.15) is 8.42 Å². The van der Waals surface area contributed by atoms with Gasteiger partial charge in [0.25, 0.3) is 0 Å². The zero-order chi connectivity index (χ0) is 9.12. The second-order valence-electron chi connectivity index (χ2n) is 2.20. The maximum Gasteiger partial charge on any atom is 0.328 e. The van der Waals surface area contributed by atoms with E-state index in [9.17, 15) is 13.0 Å². The number of rotatable bonds is 4. The summed E-state index contributed by atoms with van der Waals surface area (Å²) in [6, 6.07) is 0. The van der Waals surface area contributed by atoms with Crippen molar-refractivity contribution in [2.75, 3.05) is 0 Å². The summed E-state index contributed by atoms with van der Waals surface area (Å²) in [7, 11) is -4.59. The van der Waals surface area contributed by atoms with Crippen molar-refractivity contribution in [2.45, 2.75) is 29.9 Å². The summed E-state index contributed by atoms with van der Waals surface area (Å²) in [6.45, 7) is 1.85. The molecule has 67 valence electrons. The lowest BCUT2D eigenvalue weighted by molar-refractivity contribution is 0.403. The van der Waals surface area contributed by atoms with E-state index < -0.39 is 13.8 Å². The van der Waals surface area contributed by atoms with Crippen LogP contribution in [0, 0.1) is 0 Å². The molecule has 0 saturated carbocycles. The standard InChI is InChI=1S/C5H9Cl2O3S/c1-2-3-4-5(6,7)11(8,9)10/h2-4H2,1H3. The Morgan fingerprint density at radius 1 is 1.36 bits per heavy atom. The minimum atomic E-state index is -4.59. The molecule has 0 aliphatic rings.